The van der Waals surface area contributed by atoms with Gasteiger partial charge < -0.3 is 9.67 Å². The van der Waals surface area contributed by atoms with Gasteiger partial charge >= 0.3 is 0 Å². The van der Waals surface area contributed by atoms with E-state index < -0.39 is 0 Å². The number of fused-ring (bicyclic) bond motifs is 1. The third-order valence-electron chi connectivity index (χ3n) is 4.47. The van der Waals surface area contributed by atoms with E-state index in [1.807, 2.05) is 54.6 Å². The first-order valence-electron chi connectivity index (χ1n) is 9.07. The van der Waals surface area contributed by atoms with Gasteiger partial charge in [-0.25, -0.2) is 0 Å². The molecule has 0 radical (unpaired) electrons. The van der Waals surface area contributed by atoms with Crippen molar-refractivity contribution in [1.29, 1.82) is 0 Å². The van der Waals surface area contributed by atoms with Crippen molar-refractivity contribution in [3.05, 3.63) is 65.0 Å². The number of tetrazole rings is 1. The Kier molecular flexibility index (Phi) is 5.12. The van der Waals surface area contributed by atoms with Crippen molar-refractivity contribution in [2.24, 2.45) is 0 Å². The van der Waals surface area contributed by atoms with E-state index in [1.165, 1.54) is 0 Å². The highest BCUT2D eigenvalue weighted by Gasteiger charge is 2.20. The summed E-state index contributed by atoms with van der Waals surface area (Å²) < 4.78 is 3.27. The van der Waals surface area contributed by atoms with Crippen molar-refractivity contribution < 1.29 is 5.11 Å². The number of nitrogens with zero attached hydrogens (tertiary/aromatic N) is 5. The summed E-state index contributed by atoms with van der Waals surface area (Å²) >= 11 is 1.07. The van der Waals surface area contributed by atoms with E-state index in [1.54, 1.807) is 9.25 Å². The molecule has 8 heteroatoms. The number of para-hydroxylation sites is 2. The highest BCUT2D eigenvalue weighted by atomic mass is 32.2. The average Bonchev–Trinajstić information content (AvgIpc) is 3.20. The summed E-state index contributed by atoms with van der Waals surface area (Å²) in [5.41, 5.74) is 1.27. The van der Waals surface area contributed by atoms with Crippen molar-refractivity contribution in [3.63, 3.8) is 0 Å². The van der Waals surface area contributed by atoms with Gasteiger partial charge in [0.15, 0.2) is 0 Å². The standard InChI is InChI=1S/C20H19N5O2S/c1-2-3-13-24-16-12-8-7-11-15(16)17(26)18(19(24)27)28-20-21-22-23-25(20)14-9-5-4-6-10-14/h4-12,26H,2-3,13H2,1H3. The average molecular weight is 393 g/mol. The summed E-state index contributed by atoms with van der Waals surface area (Å²) in [7, 11) is 0. The molecule has 0 saturated carbocycles. The van der Waals surface area contributed by atoms with Gasteiger partial charge in [-0.1, -0.05) is 43.7 Å². The lowest BCUT2D eigenvalue weighted by atomic mass is 10.2. The zero-order valence-corrected chi connectivity index (χ0v) is 16.1. The number of unbranched alkanes of at least 4 members (excludes halogenated alkanes) is 1. The fourth-order valence-electron chi connectivity index (χ4n) is 3.06. The minimum Gasteiger partial charge on any atom is -0.506 e. The van der Waals surface area contributed by atoms with Crippen molar-refractivity contribution in [2.75, 3.05) is 0 Å². The van der Waals surface area contributed by atoms with Gasteiger partial charge in [0.05, 0.1) is 11.2 Å². The summed E-state index contributed by atoms with van der Waals surface area (Å²) in [5.74, 6) is -0.0408. The fourth-order valence-corrected chi connectivity index (χ4v) is 3.95. The van der Waals surface area contributed by atoms with Gasteiger partial charge in [0.2, 0.25) is 5.16 Å². The van der Waals surface area contributed by atoms with Crippen LogP contribution in [0.2, 0.25) is 0 Å². The topological polar surface area (TPSA) is 85.8 Å². The first kappa shape index (κ1) is 18.2. The molecule has 0 spiro atoms. The normalized spacial score (nSPS) is 11.2. The Morgan fingerprint density at radius 2 is 1.82 bits per heavy atom. The highest BCUT2D eigenvalue weighted by Crippen LogP contribution is 2.36. The van der Waals surface area contributed by atoms with E-state index in [4.69, 9.17) is 0 Å². The minimum atomic E-state index is -0.239. The van der Waals surface area contributed by atoms with E-state index in [-0.39, 0.29) is 16.2 Å². The van der Waals surface area contributed by atoms with Crippen molar-refractivity contribution in [1.82, 2.24) is 24.8 Å². The first-order chi connectivity index (χ1) is 13.7. The molecule has 0 atom stereocenters. The van der Waals surface area contributed by atoms with Gasteiger partial charge in [-0.15, -0.1) is 5.10 Å². The molecule has 0 aliphatic heterocycles. The smallest absolute Gasteiger partial charge is 0.268 e. The van der Waals surface area contributed by atoms with Crippen LogP contribution in [0.1, 0.15) is 19.8 Å². The number of aromatic hydroxyl groups is 1. The van der Waals surface area contributed by atoms with Crippen LogP contribution in [-0.2, 0) is 6.54 Å². The van der Waals surface area contributed by atoms with Gasteiger partial charge in [-0.2, -0.15) is 4.68 Å². The number of aromatic nitrogens is 5. The Hall–Kier alpha value is -3.13. The van der Waals surface area contributed by atoms with Crippen LogP contribution in [0.5, 0.6) is 5.75 Å². The molecule has 2 aromatic carbocycles. The Labute approximate surface area is 165 Å². The third kappa shape index (κ3) is 3.27. The molecule has 142 valence electrons. The zero-order chi connectivity index (χ0) is 19.5. The van der Waals surface area contributed by atoms with Crippen LogP contribution >= 0.6 is 11.8 Å². The second-order valence-corrected chi connectivity index (χ2v) is 7.29. The number of hydrogen-bond acceptors (Lipinski definition) is 6. The van der Waals surface area contributed by atoms with E-state index in [9.17, 15) is 9.90 Å². The quantitative estimate of drug-likeness (QED) is 0.538. The van der Waals surface area contributed by atoms with Crippen LogP contribution in [0.3, 0.4) is 0 Å². The summed E-state index contributed by atoms with van der Waals surface area (Å²) in [4.78, 5) is 13.4. The van der Waals surface area contributed by atoms with E-state index >= 15 is 0 Å². The summed E-state index contributed by atoms with van der Waals surface area (Å²) in [6.07, 6.45) is 1.84. The van der Waals surface area contributed by atoms with E-state index in [0.29, 0.717) is 17.1 Å². The highest BCUT2D eigenvalue weighted by molar-refractivity contribution is 7.99. The first-order valence-corrected chi connectivity index (χ1v) is 9.88. The maximum atomic E-state index is 13.2. The lowest BCUT2D eigenvalue weighted by molar-refractivity contribution is 0.463. The predicted octanol–water partition coefficient (Wildman–Crippen LogP) is 3.63. The summed E-state index contributed by atoms with van der Waals surface area (Å²) in [6.45, 7) is 2.67. The van der Waals surface area contributed by atoms with Crippen molar-refractivity contribution in [3.8, 4) is 11.4 Å². The molecule has 0 fully saturated rings. The molecule has 7 nitrogen and oxygen atoms in total. The Morgan fingerprint density at radius 3 is 2.61 bits per heavy atom. The molecule has 0 bridgehead atoms. The van der Waals surface area contributed by atoms with Gasteiger partial charge in [0.25, 0.3) is 5.56 Å². The van der Waals surface area contributed by atoms with Gasteiger partial charge in [0, 0.05) is 11.9 Å². The lowest BCUT2D eigenvalue weighted by Crippen LogP contribution is -2.22. The lowest BCUT2D eigenvalue weighted by Gasteiger charge is -2.14. The van der Waals surface area contributed by atoms with Crippen LogP contribution in [0, 0.1) is 0 Å². The van der Waals surface area contributed by atoms with Crippen LogP contribution < -0.4 is 5.56 Å². The third-order valence-corrected chi connectivity index (χ3v) is 5.48. The van der Waals surface area contributed by atoms with Crippen LogP contribution in [0.25, 0.3) is 16.6 Å². The molecular formula is C20H19N5O2S. The molecule has 0 aliphatic rings. The fraction of sp³-hybridized carbons (Fsp3) is 0.200. The molecule has 0 unspecified atom stereocenters. The van der Waals surface area contributed by atoms with E-state index in [2.05, 4.69) is 22.4 Å². The minimum absolute atomic E-state index is 0.0408. The van der Waals surface area contributed by atoms with Gasteiger partial charge in [-0.3, -0.25) is 4.79 Å². The molecule has 1 N–H and O–H groups in total. The molecule has 0 saturated heterocycles. The molecule has 2 heterocycles. The number of hydrogen-bond donors (Lipinski definition) is 1. The molecule has 28 heavy (non-hydrogen) atoms. The number of benzene rings is 2. The second kappa shape index (κ2) is 7.85. The number of aryl methyl sites for hydroxylation is 1. The largest absolute Gasteiger partial charge is 0.506 e. The van der Waals surface area contributed by atoms with E-state index in [0.717, 1.165) is 35.8 Å². The van der Waals surface area contributed by atoms with Gasteiger partial charge in [-0.05, 0) is 52.9 Å². The zero-order valence-electron chi connectivity index (χ0n) is 15.3. The molecular weight excluding hydrogens is 374 g/mol. The molecule has 0 aliphatic carbocycles. The van der Waals surface area contributed by atoms with Crippen molar-refractivity contribution >= 4 is 22.7 Å². The van der Waals surface area contributed by atoms with Crippen LogP contribution in [0.15, 0.2) is 69.4 Å². The predicted molar refractivity (Wildman–Crippen MR) is 108 cm³/mol. The summed E-state index contributed by atoms with van der Waals surface area (Å²) in [6, 6.07) is 16.8. The Bertz CT molecular complexity index is 1170. The van der Waals surface area contributed by atoms with Crippen LogP contribution in [-0.4, -0.2) is 29.9 Å². The number of pyridine rings is 1. The monoisotopic (exact) mass is 393 g/mol. The maximum absolute atomic E-state index is 13.2. The molecule has 2 aromatic heterocycles. The summed E-state index contributed by atoms with van der Waals surface area (Å²) in [5, 5.41) is 23.7. The SMILES string of the molecule is CCCCn1c(=O)c(Sc2nnnn2-c2ccccc2)c(O)c2ccccc21. The molecule has 0 amide bonds. The molecule has 4 aromatic rings. The Morgan fingerprint density at radius 1 is 1.07 bits per heavy atom. The maximum Gasteiger partial charge on any atom is 0.268 e. The van der Waals surface area contributed by atoms with Crippen molar-refractivity contribution in [2.45, 2.75) is 36.4 Å². The van der Waals surface area contributed by atoms with Crippen LogP contribution in [0.4, 0.5) is 0 Å². The molecule has 4 rings (SSSR count). The number of rotatable bonds is 6. The second-order valence-electron chi connectivity index (χ2n) is 6.32. The Balaban J connectivity index is 1.85. The van der Waals surface area contributed by atoms with Gasteiger partial charge in [0.1, 0.15) is 10.6 Å².